The van der Waals surface area contributed by atoms with Crippen LogP contribution in [-0.4, -0.2) is 36.5 Å². The molecule has 1 saturated heterocycles. The minimum Gasteiger partial charge on any atom is -0.370 e. The summed E-state index contributed by atoms with van der Waals surface area (Å²) in [5.41, 5.74) is 7.25. The van der Waals surface area contributed by atoms with E-state index in [1.165, 1.54) is 12.8 Å². The van der Waals surface area contributed by atoms with Gasteiger partial charge in [0.05, 0.1) is 13.2 Å². The topological polar surface area (TPSA) is 55.6 Å². The Morgan fingerprint density at radius 2 is 2.00 bits per heavy atom. The molecule has 1 amide bonds. The zero-order valence-electron chi connectivity index (χ0n) is 13.4. The molecule has 3 rings (SSSR count). The third kappa shape index (κ3) is 4.25. The number of hydrogen-bond donors (Lipinski definition) is 1. The Kier molecular flexibility index (Phi) is 5.57. The first-order chi connectivity index (χ1) is 11.1. The molecular formula is C18H25ClN2O2. The van der Waals surface area contributed by atoms with Gasteiger partial charge in [-0.05, 0) is 36.5 Å². The van der Waals surface area contributed by atoms with Crippen LogP contribution in [0.2, 0.25) is 5.02 Å². The molecule has 1 aromatic rings. The lowest BCUT2D eigenvalue weighted by molar-refractivity contribution is -0.140. The van der Waals surface area contributed by atoms with Gasteiger partial charge in [-0.15, -0.1) is 0 Å². The fourth-order valence-electron chi connectivity index (χ4n) is 3.60. The second-order valence-corrected chi connectivity index (χ2v) is 7.10. The standard InChI is InChI=1S/C18H25ClN2O2/c19-15-7-5-13(6-8-15)17-12-21(9-10-23-17)18(22)11-14-3-1-2-4-16(14)20/h5-8,14,16-17H,1-4,9-12,20H2. The Balaban J connectivity index is 1.59. The van der Waals surface area contributed by atoms with Gasteiger partial charge in [0.15, 0.2) is 0 Å². The van der Waals surface area contributed by atoms with Crippen LogP contribution >= 0.6 is 11.6 Å². The van der Waals surface area contributed by atoms with Crippen molar-refractivity contribution in [1.82, 2.24) is 4.90 Å². The molecule has 1 saturated carbocycles. The zero-order valence-corrected chi connectivity index (χ0v) is 14.2. The molecule has 4 nitrogen and oxygen atoms in total. The van der Waals surface area contributed by atoms with Crippen molar-refractivity contribution in [3.8, 4) is 0 Å². The number of nitrogens with zero attached hydrogens (tertiary/aromatic N) is 1. The lowest BCUT2D eigenvalue weighted by Crippen LogP contribution is -2.44. The summed E-state index contributed by atoms with van der Waals surface area (Å²) in [6, 6.07) is 7.85. The van der Waals surface area contributed by atoms with E-state index >= 15 is 0 Å². The molecule has 0 aromatic heterocycles. The van der Waals surface area contributed by atoms with Crippen molar-refractivity contribution in [2.75, 3.05) is 19.7 Å². The molecule has 3 atom stereocenters. The number of nitrogens with two attached hydrogens (primary N) is 1. The summed E-state index contributed by atoms with van der Waals surface area (Å²) >= 11 is 5.93. The van der Waals surface area contributed by atoms with E-state index in [1.807, 2.05) is 29.2 Å². The van der Waals surface area contributed by atoms with Crippen LogP contribution in [0.5, 0.6) is 0 Å². The van der Waals surface area contributed by atoms with Crippen LogP contribution in [0, 0.1) is 5.92 Å². The molecule has 1 aromatic carbocycles. The summed E-state index contributed by atoms with van der Waals surface area (Å²) in [7, 11) is 0. The van der Waals surface area contributed by atoms with Crippen LogP contribution in [0.4, 0.5) is 0 Å². The Hall–Kier alpha value is -1.10. The molecule has 2 N–H and O–H groups in total. The molecule has 1 aliphatic carbocycles. The predicted octanol–water partition coefficient (Wildman–Crippen LogP) is 3.15. The number of halogens is 1. The molecule has 0 radical (unpaired) electrons. The molecule has 2 fully saturated rings. The summed E-state index contributed by atoms with van der Waals surface area (Å²) in [4.78, 5) is 14.6. The number of amides is 1. The first kappa shape index (κ1) is 16.7. The minimum absolute atomic E-state index is 0.0648. The van der Waals surface area contributed by atoms with E-state index in [0.717, 1.165) is 18.4 Å². The largest absolute Gasteiger partial charge is 0.370 e. The zero-order chi connectivity index (χ0) is 16.2. The van der Waals surface area contributed by atoms with Crippen molar-refractivity contribution in [3.05, 3.63) is 34.9 Å². The van der Waals surface area contributed by atoms with Gasteiger partial charge in [-0.2, -0.15) is 0 Å². The summed E-state index contributed by atoms with van der Waals surface area (Å²) < 4.78 is 5.83. The van der Waals surface area contributed by atoms with Crippen LogP contribution < -0.4 is 5.73 Å². The molecule has 0 spiro atoms. The van der Waals surface area contributed by atoms with Crippen molar-refractivity contribution in [2.45, 2.75) is 44.2 Å². The van der Waals surface area contributed by atoms with Crippen LogP contribution in [0.15, 0.2) is 24.3 Å². The highest BCUT2D eigenvalue weighted by Crippen LogP contribution is 2.28. The molecule has 1 aliphatic heterocycles. The maximum atomic E-state index is 12.6. The summed E-state index contributed by atoms with van der Waals surface area (Å²) in [6.45, 7) is 1.86. The fraction of sp³-hybridized carbons (Fsp3) is 0.611. The second-order valence-electron chi connectivity index (χ2n) is 6.66. The van der Waals surface area contributed by atoms with Gasteiger partial charge in [0.25, 0.3) is 0 Å². The average molecular weight is 337 g/mol. The van der Waals surface area contributed by atoms with Gasteiger partial charge in [-0.1, -0.05) is 36.6 Å². The van der Waals surface area contributed by atoms with Crippen molar-refractivity contribution in [3.63, 3.8) is 0 Å². The van der Waals surface area contributed by atoms with Gasteiger partial charge in [0.1, 0.15) is 6.10 Å². The van der Waals surface area contributed by atoms with Crippen molar-refractivity contribution in [2.24, 2.45) is 11.7 Å². The van der Waals surface area contributed by atoms with Gasteiger partial charge in [0, 0.05) is 24.0 Å². The first-order valence-electron chi connectivity index (χ1n) is 8.54. The Bertz CT molecular complexity index is 534. The number of benzene rings is 1. The van der Waals surface area contributed by atoms with Gasteiger partial charge < -0.3 is 15.4 Å². The van der Waals surface area contributed by atoms with Gasteiger partial charge in [-0.3, -0.25) is 4.79 Å². The summed E-state index contributed by atoms with van der Waals surface area (Å²) in [5.74, 6) is 0.558. The Labute approximate surface area is 142 Å². The number of carbonyl (C=O) groups excluding carboxylic acids is 1. The molecule has 2 aliphatic rings. The SMILES string of the molecule is NC1CCCCC1CC(=O)N1CCOC(c2ccc(Cl)cc2)C1. The first-order valence-corrected chi connectivity index (χ1v) is 8.91. The Morgan fingerprint density at radius 3 is 2.74 bits per heavy atom. The second kappa shape index (κ2) is 7.65. The molecule has 126 valence electrons. The summed E-state index contributed by atoms with van der Waals surface area (Å²) in [5, 5.41) is 0.712. The molecular weight excluding hydrogens is 312 g/mol. The minimum atomic E-state index is -0.0648. The molecule has 1 heterocycles. The quantitative estimate of drug-likeness (QED) is 0.922. The predicted molar refractivity (Wildman–Crippen MR) is 91.3 cm³/mol. The number of ether oxygens (including phenoxy) is 1. The molecule has 23 heavy (non-hydrogen) atoms. The molecule has 5 heteroatoms. The summed E-state index contributed by atoms with van der Waals surface area (Å²) in [6.07, 6.45) is 5.04. The highest BCUT2D eigenvalue weighted by molar-refractivity contribution is 6.30. The van der Waals surface area contributed by atoms with Crippen LogP contribution in [0.3, 0.4) is 0 Å². The van der Waals surface area contributed by atoms with E-state index in [1.54, 1.807) is 0 Å². The van der Waals surface area contributed by atoms with Gasteiger partial charge in [-0.25, -0.2) is 0 Å². The lowest BCUT2D eigenvalue weighted by Gasteiger charge is -2.35. The van der Waals surface area contributed by atoms with Crippen LogP contribution in [-0.2, 0) is 9.53 Å². The van der Waals surface area contributed by atoms with E-state index in [2.05, 4.69) is 0 Å². The molecule has 3 unspecified atom stereocenters. The van der Waals surface area contributed by atoms with Crippen molar-refractivity contribution >= 4 is 17.5 Å². The number of carbonyl (C=O) groups is 1. The highest BCUT2D eigenvalue weighted by Gasteiger charge is 2.29. The third-order valence-electron chi connectivity index (χ3n) is 5.07. The maximum absolute atomic E-state index is 12.6. The van der Waals surface area contributed by atoms with E-state index in [9.17, 15) is 4.79 Å². The fourth-order valence-corrected chi connectivity index (χ4v) is 3.72. The van der Waals surface area contributed by atoms with Crippen LogP contribution in [0.1, 0.15) is 43.8 Å². The highest BCUT2D eigenvalue weighted by atomic mass is 35.5. The smallest absolute Gasteiger partial charge is 0.223 e. The monoisotopic (exact) mass is 336 g/mol. The maximum Gasteiger partial charge on any atom is 0.223 e. The van der Waals surface area contributed by atoms with Gasteiger partial charge >= 0.3 is 0 Å². The number of hydrogen-bond acceptors (Lipinski definition) is 3. The lowest BCUT2D eigenvalue weighted by atomic mass is 9.82. The Morgan fingerprint density at radius 1 is 1.26 bits per heavy atom. The van der Waals surface area contributed by atoms with Crippen molar-refractivity contribution in [1.29, 1.82) is 0 Å². The average Bonchev–Trinajstić information content (AvgIpc) is 2.58. The number of morpholine rings is 1. The van der Waals surface area contributed by atoms with E-state index in [0.29, 0.717) is 37.1 Å². The van der Waals surface area contributed by atoms with Gasteiger partial charge in [0.2, 0.25) is 5.91 Å². The van der Waals surface area contributed by atoms with Crippen LogP contribution in [0.25, 0.3) is 0 Å². The number of rotatable bonds is 3. The van der Waals surface area contributed by atoms with Crippen molar-refractivity contribution < 1.29 is 9.53 Å². The molecule has 0 bridgehead atoms. The normalized spacial score (nSPS) is 28.6. The third-order valence-corrected chi connectivity index (χ3v) is 5.32. The van der Waals surface area contributed by atoms with E-state index in [4.69, 9.17) is 22.1 Å². The van der Waals surface area contributed by atoms with E-state index < -0.39 is 0 Å². The van der Waals surface area contributed by atoms with E-state index in [-0.39, 0.29) is 18.1 Å².